The van der Waals surface area contributed by atoms with Gasteiger partial charge in [0.05, 0.1) is 0 Å². The number of nitrogens with one attached hydrogen (secondary N) is 1. The van der Waals surface area contributed by atoms with Gasteiger partial charge >= 0.3 is 6.01 Å². The van der Waals surface area contributed by atoms with E-state index in [9.17, 15) is 0 Å². The largest absolute Gasteiger partial charge is 0.462 e. The summed E-state index contributed by atoms with van der Waals surface area (Å²) in [5.74, 6) is 0. The summed E-state index contributed by atoms with van der Waals surface area (Å²) in [5, 5.41) is 12.2. The van der Waals surface area contributed by atoms with Crippen molar-refractivity contribution in [3.63, 3.8) is 0 Å². The van der Waals surface area contributed by atoms with Crippen LogP contribution >= 0.6 is 0 Å². The van der Waals surface area contributed by atoms with E-state index < -0.39 is 0 Å². The Kier molecular flexibility index (Phi) is 3.89. The highest BCUT2D eigenvalue weighted by Gasteiger charge is 2.13. The first-order valence-corrected chi connectivity index (χ1v) is 5.90. The summed E-state index contributed by atoms with van der Waals surface area (Å²) >= 11 is 0. The number of hydrogen-bond donors (Lipinski definition) is 1. The van der Waals surface area contributed by atoms with Crippen molar-refractivity contribution in [2.24, 2.45) is 0 Å². The normalized spacial score (nSPS) is 19.6. The van der Waals surface area contributed by atoms with Gasteiger partial charge in [-0.25, -0.2) is 4.98 Å². The molecule has 1 saturated heterocycles. The van der Waals surface area contributed by atoms with Crippen LogP contribution in [0.2, 0.25) is 0 Å². The number of nitriles is 1. The fourth-order valence-electron chi connectivity index (χ4n) is 1.90. The van der Waals surface area contributed by atoms with Crippen molar-refractivity contribution in [2.75, 3.05) is 13.2 Å². The molecule has 1 fully saturated rings. The predicted octanol–water partition coefficient (Wildman–Crippen LogP) is 1.18. The first-order valence-electron chi connectivity index (χ1n) is 5.90. The molecule has 1 aliphatic heterocycles. The van der Waals surface area contributed by atoms with Crippen LogP contribution in [0.25, 0.3) is 0 Å². The van der Waals surface area contributed by atoms with Crippen molar-refractivity contribution in [1.29, 1.82) is 5.26 Å². The molecule has 0 aromatic carbocycles. The Bertz CT molecular complexity index is 421. The predicted molar refractivity (Wildman–Crippen MR) is 62.6 cm³/mol. The standard InChI is InChI=1S/C12H16N4O/c1-9-6-11(7-13)16-12(15-9)17-8-10-4-2-3-5-14-10/h6,10,14H,2-5,8H2,1H3. The number of aryl methyl sites for hydroxylation is 1. The molecule has 0 spiro atoms. The van der Waals surface area contributed by atoms with Crippen LogP contribution in [0.3, 0.4) is 0 Å². The Morgan fingerprint density at radius 2 is 2.41 bits per heavy atom. The maximum atomic E-state index is 8.80. The highest BCUT2D eigenvalue weighted by molar-refractivity contribution is 5.23. The smallest absolute Gasteiger partial charge is 0.317 e. The van der Waals surface area contributed by atoms with Crippen molar-refractivity contribution in [3.8, 4) is 12.1 Å². The molecule has 1 aromatic heterocycles. The number of ether oxygens (including phenoxy) is 1. The van der Waals surface area contributed by atoms with E-state index >= 15 is 0 Å². The van der Waals surface area contributed by atoms with Crippen molar-refractivity contribution in [3.05, 3.63) is 17.5 Å². The van der Waals surface area contributed by atoms with Gasteiger partial charge in [-0.2, -0.15) is 10.2 Å². The molecule has 0 bridgehead atoms. The number of piperidine rings is 1. The van der Waals surface area contributed by atoms with Gasteiger partial charge in [0.25, 0.3) is 0 Å². The third kappa shape index (κ3) is 3.40. The Hall–Kier alpha value is -1.67. The molecule has 90 valence electrons. The number of nitrogens with zero attached hydrogens (tertiary/aromatic N) is 3. The Morgan fingerprint density at radius 3 is 3.12 bits per heavy atom. The minimum absolute atomic E-state index is 0.300. The second kappa shape index (κ2) is 5.60. The van der Waals surface area contributed by atoms with Gasteiger partial charge in [-0.05, 0) is 32.4 Å². The summed E-state index contributed by atoms with van der Waals surface area (Å²) in [6.45, 7) is 3.44. The minimum Gasteiger partial charge on any atom is -0.462 e. The van der Waals surface area contributed by atoms with Crippen LogP contribution in [0.15, 0.2) is 6.07 Å². The van der Waals surface area contributed by atoms with E-state index in [4.69, 9.17) is 10.00 Å². The van der Waals surface area contributed by atoms with E-state index in [1.165, 1.54) is 12.8 Å². The van der Waals surface area contributed by atoms with Crippen LogP contribution in [-0.2, 0) is 0 Å². The molecule has 0 saturated carbocycles. The molecule has 1 atom stereocenters. The highest BCUT2D eigenvalue weighted by Crippen LogP contribution is 2.10. The Labute approximate surface area is 101 Å². The number of aromatic nitrogens is 2. The Morgan fingerprint density at radius 1 is 1.53 bits per heavy atom. The van der Waals surface area contributed by atoms with Gasteiger partial charge in [-0.1, -0.05) is 6.42 Å². The first-order chi connectivity index (χ1) is 8.28. The molecular formula is C12H16N4O. The molecule has 0 aliphatic carbocycles. The van der Waals surface area contributed by atoms with Gasteiger partial charge in [0.15, 0.2) is 0 Å². The van der Waals surface area contributed by atoms with E-state index in [1.54, 1.807) is 6.07 Å². The van der Waals surface area contributed by atoms with Crippen molar-refractivity contribution in [2.45, 2.75) is 32.2 Å². The lowest BCUT2D eigenvalue weighted by Crippen LogP contribution is -2.38. The second-order valence-electron chi connectivity index (χ2n) is 4.25. The van der Waals surface area contributed by atoms with Gasteiger partial charge in [-0.3, -0.25) is 0 Å². The maximum Gasteiger partial charge on any atom is 0.317 e. The monoisotopic (exact) mass is 232 g/mol. The van der Waals surface area contributed by atoms with Gasteiger partial charge in [0.1, 0.15) is 18.4 Å². The van der Waals surface area contributed by atoms with E-state index in [2.05, 4.69) is 15.3 Å². The zero-order valence-electron chi connectivity index (χ0n) is 9.94. The van der Waals surface area contributed by atoms with Gasteiger partial charge < -0.3 is 10.1 Å². The minimum atomic E-state index is 0.300. The summed E-state index contributed by atoms with van der Waals surface area (Å²) in [7, 11) is 0. The molecule has 1 aromatic rings. The van der Waals surface area contributed by atoms with Crippen LogP contribution < -0.4 is 10.1 Å². The van der Waals surface area contributed by atoms with E-state index in [-0.39, 0.29) is 0 Å². The molecule has 1 N–H and O–H groups in total. The van der Waals surface area contributed by atoms with Crippen LogP contribution in [0.4, 0.5) is 0 Å². The molecule has 5 nitrogen and oxygen atoms in total. The first kappa shape index (κ1) is 11.8. The molecule has 0 radical (unpaired) electrons. The van der Waals surface area contributed by atoms with E-state index in [0.29, 0.717) is 24.4 Å². The topological polar surface area (TPSA) is 70.8 Å². The molecule has 2 rings (SSSR count). The summed E-state index contributed by atoms with van der Waals surface area (Å²) < 4.78 is 5.53. The van der Waals surface area contributed by atoms with Crippen molar-refractivity contribution in [1.82, 2.24) is 15.3 Å². The fraction of sp³-hybridized carbons (Fsp3) is 0.583. The average molecular weight is 232 g/mol. The van der Waals surface area contributed by atoms with Crippen molar-refractivity contribution >= 4 is 0 Å². The van der Waals surface area contributed by atoms with Crippen LogP contribution in [0, 0.1) is 18.3 Å². The molecular weight excluding hydrogens is 216 g/mol. The van der Waals surface area contributed by atoms with E-state index in [1.807, 2.05) is 13.0 Å². The zero-order chi connectivity index (χ0) is 12.1. The molecule has 17 heavy (non-hydrogen) atoms. The van der Waals surface area contributed by atoms with Crippen molar-refractivity contribution < 1.29 is 4.74 Å². The summed E-state index contributed by atoms with van der Waals surface area (Å²) in [6.07, 6.45) is 3.59. The van der Waals surface area contributed by atoms with Crippen LogP contribution in [0.5, 0.6) is 6.01 Å². The third-order valence-corrected chi connectivity index (χ3v) is 2.77. The third-order valence-electron chi connectivity index (χ3n) is 2.77. The van der Waals surface area contributed by atoms with Crippen LogP contribution in [-0.4, -0.2) is 29.2 Å². The average Bonchev–Trinajstić information content (AvgIpc) is 2.37. The zero-order valence-corrected chi connectivity index (χ0v) is 9.94. The van der Waals surface area contributed by atoms with Crippen LogP contribution in [0.1, 0.15) is 30.7 Å². The summed E-state index contributed by atoms with van der Waals surface area (Å²) in [4.78, 5) is 8.17. The Balaban J connectivity index is 1.94. The lowest BCUT2D eigenvalue weighted by Gasteiger charge is -2.22. The van der Waals surface area contributed by atoms with Gasteiger partial charge in [0, 0.05) is 11.7 Å². The van der Waals surface area contributed by atoms with E-state index in [0.717, 1.165) is 18.7 Å². The molecule has 1 unspecified atom stereocenters. The fourth-order valence-corrected chi connectivity index (χ4v) is 1.90. The number of rotatable bonds is 3. The SMILES string of the molecule is Cc1cc(C#N)nc(OCC2CCCCN2)n1. The summed E-state index contributed by atoms with van der Waals surface area (Å²) in [5.41, 5.74) is 1.10. The quantitative estimate of drug-likeness (QED) is 0.847. The van der Waals surface area contributed by atoms with Gasteiger partial charge in [-0.15, -0.1) is 0 Å². The molecule has 2 heterocycles. The lowest BCUT2D eigenvalue weighted by atomic mass is 10.1. The maximum absolute atomic E-state index is 8.80. The molecule has 5 heteroatoms. The molecule has 1 aliphatic rings. The lowest BCUT2D eigenvalue weighted by molar-refractivity contribution is 0.224. The highest BCUT2D eigenvalue weighted by atomic mass is 16.5. The number of hydrogen-bond acceptors (Lipinski definition) is 5. The summed E-state index contributed by atoms with van der Waals surface area (Å²) in [6, 6.07) is 4.32. The van der Waals surface area contributed by atoms with Gasteiger partial charge in [0.2, 0.25) is 0 Å². The second-order valence-corrected chi connectivity index (χ2v) is 4.25. The molecule has 0 amide bonds.